The minimum absolute atomic E-state index is 0.0593. The van der Waals surface area contributed by atoms with Gasteiger partial charge < -0.3 is 19.5 Å². The Morgan fingerprint density at radius 2 is 2.04 bits per heavy atom. The van der Waals surface area contributed by atoms with Crippen molar-refractivity contribution >= 4 is 5.91 Å². The van der Waals surface area contributed by atoms with Crippen LogP contribution in [-0.4, -0.2) is 37.4 Å². The van der Waals surface area contributed by atoms with Crippen molar-refractivity contribution in [2.45, 2.75) is 24.7 Å². The molecule has 2 aromatic carbocycles. The fourth-order valence-corrected chi connectivity index (χ4v) is 3.24. The van der Waals surface area contributed by atoms with E-state index in [1.807, 2.05) is 0 Å². The predicted octanol–water partition coefficient (Wildman–Crippen LogP) is 2.90. The summed E-state index contributed by atoms with van der Waals surface area (Å²) in [6, 6.07) is 12.5. The van der Waals surface area contributed by atoms with E-state index in [0.29, 0.717) is 30.3 Å². The van der Waals surface area contributed by atoms with Gasteiger partial charge in [-0.3, -0.25) is 4.79 Å². The second kappa shape index (κ2) is 6.82. The van der Waals surface area contributed by atoms with E-state index >= 15 is 0 Å². The molecule has 25 heavy (non-hydrogen) atoms. The molecule has 0 radical (unpaired) electrons. The zero-order valence-corrected chi connectivity index (χ0v) is 13.5. The van der Waals surface area contributed by atoms with Crippen LogP contribution in [0.1, 0.15) is 16.8 Å². The summed E-state index contributed by atoms with van der Waals surface area (Å²) in [7, 11) is 0. The second-order valence-electron chi connectivity index (χ2n) is 6.13. The highest BCUT2D eigenvalue weighted by Crippen LogP contribution is 2.28. The Morgan fingerprint density at radius 1 is 1.16 bits per heavy atom. The Kier molecular flexibility index (Phi) is 4.38. The van der Waals surface area contributed by atoms with Crippen molar-refractivity contribution in [2.75, 3.05) is 13.2 Å². The monoisotopic (exact) mass is 343 g/mol. The Hall–Kier alpha value is -2.44. The molecule has 0 aromatic heterocycles. The molecule has 1 amide bonds. The first-order valence-corrected chi connectivity index (χ1v) is 8.27. The second-order valence-corrected chi connectivity index (χ2v) is 6.13. The number of carbonyl (C=O) groups is 1. The van der Waals surface area contributed by atoms with Gasteiger partial charge >= 0.3 is 0 Å². The summed E-state index contributed by atoms with van der Waals surface area (Å²) in [5, 5.41) is 2.96. The highest BCUT2D eigenvalue weighted by Gasteiger charge is 2.42. The summed E-state index contributed by atoms with van der Waals surface area (Å²) in [5.41, 5.74) is 0.383. The zero-order chi connectivity index (χ0) is 17.2. The maximum Gasteiger partial charge on any atom is 0.255 e. The molecule has 6 heteroatoms. The quantitative estimate of drug-likeness (QED) is 0.927. The molecule has 5 nitrogen and oxygen atoms in total. The van der Waals surface area contributed by atoms with Crippen LogP contribution in [0.5, 0.6) is 11.5 Å². The molecule has 4 rings (SSSR count). The molecule has 3 atom stereocenters. The summed E-state index contributed by atoms with van der Waals surface area (Å²) in [6.07, 6.45) is 0.820. The Bertz CT molecular complexity index is 782. The Labute approximate surface area is 144 Å². The summed E-state index contributed by atoms with van der Waals surface area (Å²) < 4.78 is 30.3. The molecule has 2 aliphatic heterocycles. The highest BCUT2D eigenvalue weighted by molar-refractivity contribution is 5.97. The van der Waals surface area contributed by atoms with Gasteiger partial charge in [-0.2, -0.15) is 0 Å². The SMILES string of the molecule is O=C(N[C@H]1CO[C@@H]2CCO[C@H]12)c1ccccc1Oc1cccc(F)c1. The van der Waals surface area contributed by atoms with E-state index in [1.165, 1.54) is 12.1 Å². The van der Waals surface area contributed by atoms with Crippen LogP contribution in [0.3, 0.4) is 0 Å². The first kappa shape index (κ1) is 16.1. The summed E-state index contributed by atoms with van der Waals surface area (Å²) in [5.74, 6) is 0.0424. The van der Waals surface area contributed by atoms with E-state index in [9.17, 15) is 9.18 Å². The third kappa shape index (κ3) is 3.36. The van der Waals surface area contributed by atoms with Gasteiger partial charge in [0.25, 0.3) is 5.91 Å². The third-order valence-corrected chi connectivity index (χ3v) is 4.44. The standard InChI is InChI=1S/C19H18FNO4/c20-12-4-3-5-13(10-12)25-16-7-2-1-6-14(16)19(22)21-15-11-24-17-8-9-23-18(15)17/h1-7,10,15,17-18H,8-9,11H2,(H,21,22)/t15-,17+,18+/m0/s1. The number of benzene rings is 2. The minimum Gasteiger partial charge on any atom is -0.456 e. The lowest BCUT2D eigenvalue weighted by atomic mass is 10.1. The van der Waals surface area contributed by atoms with E-state index < -0.39 is 5.82 Å². The number of halogens is 1. The van der Waals surface area contributed by atoms with E-state index in [-0.39, 0.29) is 24.2 Å². The number of hydrogen-bond acceptors (Lipinski definition) is 4. The number of amides is 1. The number of hydrogen-bond donors (Lipinski definition) is 1. The average molecular weight is 343 g/mol. The first-order chi connectivity index (χ1) is 12.2. The number of nitrogens with one attached hydrogen (secondary N) is 1. The molecule has 0 bridgehead atoms. The van der Waals surface area contributed by atoms with Crippen molar-refractivity contribution < 1.29 is 23.4 Å². The van der Waals surface area contributed by atoms with Gasteiger partial charge in [-0.25, -0.2) is 4.39 Å². The van der Waals surface area contributed by atoms with E-state index in [2.05, 4.69) is 5.32 Å². The van der Waals surface area contributed by atoms with Crippen LogP contribution in [0.4, 0.5) is 4.39 Å². The van der Waals surface area contributed by atoms with Crippen molar-refractivity contribution in [2.24, 2.45) is 0 Å². The third-order valence-electron chi connectivity index (χ3n) is 4.44. The molecule has 0 saturated carbocycles. The smallest absolute Gasteiger partial charge is 0.255 e. The van der Waals surface area contributed by atoms with Crippen LogP contribution in [0.2, 0.25) is 0 Å². The van der Waals surface area contributed by atoms with Crippen molar-refractivity contribution in [3.05, 3.63) is 59.9 Å². The van der Waals surface area contributed by atoms with Gasteiger partial charge in [0.05, 0.1) is 24.3 Å². The first-order valence-electron chi connectivity index (χ1n) is 8.27. The van der Waals surface area contributed by atoms with Crippen LogP contribution in [-0.2, 0) is 9.47 Å². The summed E-state index contributed by atoms with van der Waals surface area (Å²) in [6.45, 7) is 1.09. The highest BCUT2D eigenvalue weighted by atomic mass is 19.1. The van der Waals surface area contributed by atoms with Gasteiger partial charge in [0.15, 0.2) is 0 Å². The number of fused-ring (bicyclic) bond motifs is 1. The summed E-state index contributed by atoms with van der Waals surface area (Å²) in [4.78, 5) is 12.7. The maximum atomic E-state index is 13.3. The Morgan fingerprint density at radius 3 is 2.92 bits per heavy atom. The van der Waals surface area contributed by atoms with Gasteiger partial charge in [0.2, 0.25) is 0 Å². The molecule has 2 heterocycles. The fraction of sp³-hybridized carbons (Fsp3) is 0.316. The lowest BCUT2D eigenvalue weighted by Gasteiger charge is -2.18. The average Bonchev–Trinajstić information content (AvgIpc) is 3.20. The van der Waals surface area contributed by atoms with E-state index in [0.717, 1.165) is 6.42 Å². The fourth-order valence-electron chi connectivity index (χ4n) is 3.24. The topological polar surface area (TPSA) is 56.8 Å². The van der Waals surface area contributed by atoms with Crippen LogP contribution >= 0.6 is 0 Å². The molecule has 2 aromatic rings. The number of carbonyl (C=O) groups excluding carboxylic acids is 1. The number of para-hydroxylation sites is 1. The van der Waals surface area contributed by atoms with Crippen molar-refractivity contribution in [1.82, 2.24) is 5.32 Å². The normalized spacial score (nSPS) is 24.8. The van der Waals surface area contributed by atoms with Crippen molar-refractivity contribution in [3.8, 4) is 11.5 Å². The molecular formula is C19H18FNO4. The molecule has 2 saturated heterocycles. The molecule has 0 spiro atoms. The van der Waals surface area contributed by atoms with Crippen molar-refractivity contribution in [3.63, 3.8) is 0 Å². The molecule has 2 aliphatic rings. The minimum atomic E-state index is -0.396. The lowest BCUT2D eigenvalue weighted by Crippen LogP contribution is -2.43. The molecular weight excluding hydrogens is 325 g/mol. The number of ether oxygens (including phenoxy) is 3. The van der Waals surface area contributed by atoms with Gasteiger partial charge in [-0.1, -0.05) is 18.2 Å². The lowest BCUT2D eigenvalue weighted by molar-refractivity contribution is 0.0655. The predicted molar refractivity (Wildman–Crippen MR) is 88.3 cm³/mol. The molecule has 0 unspecified atom stereocenters. The molecule has 2 fully saturated rings. The molecule has 0 aliphatic carbocycles. The van der Waals surface area contributed by atoms with Gasteiger partial charge in [0.1, 0.15) is 23.4 Å². The van der Waals surface area contributed by atoms with Crippen LogP contribution in [0.15, 0.2) is 48.5 Å². The zero-order valence-electron chi connectivity index (χ0n) is 13.5. The van der Waals surface area contributed by atoms with E-state index in [1.54, 1.807) is 36.4 Å². The largest absolute Gasteiger partial charge is 0.456 e. The number of rotatable bonds is 4. The maximum absolute atomic E-state index is 13.3. The van der Waals surface area contributed by atoms with Gasteiger partial charge in [0, 0.05) is 12.7 Å². The van der Waals surface area contributed by atoms with Crippen LogP contribution in [0, 0.1) is 5.82 Å². The van der Waals surface area contributed by atoms with Gasteiger partial charge in [-0.15, -0.1) is 0 Å². The Balaban J connectivity index is 1.51. The summed E-state index contributed by atoms with van der Waals surface area (Å²) >= 11 is 0. The van der Waals surface area contributed by atoms with Crippen LogP contribution in [0.25, 0.3) is 0 Å². The van der Waals surface area contributed by atoms with E-state index in [4.69, 9.17) is 14.2 Å². The molecule has 1 N–H and O–H groups in total. The molecule has 130 valence electrons. The van der Waals surface area contributed by atoms with Gasteiger partial charge in [-0.05, 0) is 30.7 Å². The van der Waals surface area contributed by atoms with Crippen molar-refractivity contribution in [1.29, 1.82) is 0 Å². The van der Waals surface area contributed by atoms with Crippen LogP contribution < -0.4 is 10.1 Å².